The van der Waals surface area contributed by atoms with Crippen LogP contribution in [0.5, 0.6) is 5.75 Å². The van der Waals surface area contributed by atoms with Crippen LogP contribution in [0.2, 0.25) is 5.02 Å². The van der Waals surface area contributed by atoms with Gasteiger partial charge in [0.05, 0.1) is 0 Å². The predicted molar refractivity (Wildman–Crippen MR) is 78.9 cm³/mol. The summed E-state index contributed by atoms with van der Waals surface area (Å²) >= 11 is 6.10. The van der Waals surface area contributed by atoms with Crippen LogP contribution in [0.1, 0.15) is 38.3 Å². The number of carbonyl (C=O) groups excluding carboxylic acids is 1. The van der Waals surface area contributed by atoms with Crippen LogP contribution in [0.15, 0.2) is 12.1 Å². The Morgan fingerprint density at radius 3 is 2.32 bits per heavy atom. The first-order valence-electron chi connectivity index (χ1n) is 6.59. The van der Waals surface area contributed by atoms with Crippen molar-refractivity contribution < 1.29 is 9.53 Å². The Morgan fingerprint density at radius 2 is 1.84 bits per heavy atom. The molecule has 3 nitrogen and oxygen atoms in total. The van der Waals surface area contributed by atoms with Crippen LogP contribution in [-0.4, -0.2) is 18.1 Å². The number of ether oxygens (including phenoxy) is 1. The van der Waals surface area contributed by atoms with E-state index in [0.717, 1.165) is 22.6 Å². The SMILES string of the molecule is CC[C@H](C)NC(=O)[C@@H](C)Oc1cc(C)c(Cl)c(C)c1. The Bertz CT molecular complexity index is 436. The fraction of sp³-hybridized carbons (Fsp3) is 0.533. The van der Waals surface area contributed by atoms with Gasteiger partial charge in [0.2, 0.25) is 0 Å². The maximum absolute atomic E-state index is 11.9. The molecule has 19 heavy (non-hydrogen) atoms. The molecular weight excluding hydrogens is 262 g/mol. The van der Waals surface area contributed by atoms with Crippen LogP contribution in [0.4, 0.5) is 0 Å². The van der Waals surface area contributed by atoms with Crippen molar-refractivity contribution in [3.63, 3.8) is 0 Å². The molecule has 1 amide bonds. The smallest absolute Gasteiger partial charge is 0.260 e. The summed E-state index contributed by atoms with van der Waals surface area (Å²) in [5.74, 6) is 0.575. The van der Waals surface area contributed by atoms with Crippen LogP contribution in [0.25, 0.3) is 0 Å². The number of carbonyl (C=O) groups is 1. The van der Waals surface area contributed by atoms with Gasteiger partial charge in [-0.25, -0.2) is 0 Å². The highest BCUT2D eigenvalue weighted by atomic mass is 35.5. The van der Waals surface area contributed by atoms with Gasteiger partial charge < -0.3 is 10.1 Å². The normalized spacial score (nSPS) is 13.8. The zero-order valence-electron chi connectivity index (χ0n) is 12.2. The Kier molecular flexibility index (Phi) is 5.67. The van der Waals surface area contributed by atoms with Gasteiger partial charge in [0.15, 0.2) is 6.10 Å². The number of benzene rings is 1. The van der Waals surface area contributed by atoms with E-state index >= 15 is 0 Å². The first kappa shape index (κ1) is 15.8. The van der Waals surface area contributed by atoms with Crippen molar-refractivity contribution in [2.75, 3.05) is 0 Å². The fourth-order valence-electron chi connectivity index (χ4n) is 1.69. The lowest BCUT2D eigenvalue weighted by molar-refractivity contribution is -0.127. The molecule has 106 valence electrons. The van der Waals surface area contributed by atoms with E-state index in [1.165, 1.54) is 0 Å². The van der Waals surface area contributed by atoms with E-state index in [0.29, 0.717) is 5.75 Å². The van der Waals surface area contributed by atoms with Crippen LogP contribution in [-0.2, 0) is 4.79 Å². The van der Waals surface area contributed by atoms with E-state index in [-0.39, 0.29) is 11.9 Å². The van der Waals surface area contributed by atoms with Gasteiger partial charge in [-0.2, -0.15) is 0 Å². The lowest BCUT2D eigenvalue weighted by atomic mass is 10.1. The number of rotatable bonds is 5. The molecule has 1 aromatic rings. The van der Waals surface area contributed by atoms with Gasteiger partial charge >= 0.3 is 0 Å². The second-order valence-corrected chi connectivity index (χ2v) is 5.33. The summed E-state index contributed by atoms with van der Waals surface area (Å²) in [5, 5.41) is 3.64. The minimum Gasteiger partial charge on any atom is -0.481 e. The lowest BCUT2D eigenvalue weighted by Gasteiger charge is -2.18. The van der Waals surface area contributed by atoms with Crippen LogP contribution >= 0.6 is 11.6 Å². The molecule has 0 aliphatic rings. The molecule has 0 fully saturated rings. The Hall–Kier alpha value is -1.22. The van der Waals surface area contributed by atoms with Crippen molar-refractivity contribution in [1.29, 1.82) is 0 Å². The van der Waals surface area contributed by atoms with Gasteiger partial charge in [-0.15, -0.1) is 0 Å². The first-order valence-corrected chi connectivity index (χ1v) is 6.96. The Morgan fingerprint density at radius 1 is 1.32 bits per heavy atom. The summed E-state index contributed by atoms with van der Waals surface area (Å²) in [6.07, 6.45) is 0.381. The van der Waals surface area contributed by atoms with Gasteiger partial charge in [0.1, 0.15) is 5.75 Å². The molecule has 1 rings (SSSR count). The largest absolute Gasteiger partial charge is 0.481 e. The molecule has 1 aromatic carbocycles. The van der Waals surface area contributed by atoms with Crippen molar-refractivity contribution in [2.45, 2.75) is 53.2 Å². The maximum Gasteiger partial charge on any atom is 0.260 e. The van der Waals surface area contributed by atoms with E-state index in [1.807, 2.05) is 39.8 Å². The molecule has 1 N–H and O–H groups in total. The zero-order chi connectivity index (χ0) is 14.6. The van der Waals surface area contributed by atoms with Crippen molar-refractivity contribution in [3.05, 3.63) is 28.3 Å². The molecule has 0 saturated heterocycles. The van der Waals surface area contributed by atoms with Gasteiger partial charge in [-0.1, -0.05) is 18.5 Å². The van der Waals surface area contributed by atoms with Crippen molar-refractivity contribution in [1.82, 2.24) is 5.32 Å². The van der Waals surface area contributed by atoms with E-state index in [4.69, 9.17) is 16.3 Å². The second-order valence-electron chi connectivity index (χ2n) is 4.95. The van der Waals surface area contributed by atoms with Gasteiger partial charge in [0.25, 0.3) is 5.91 Å². The van der Waals surface area contributed by atoms with E-state index < -0.39 is 6.10 Å². The van der Waals surface area contributed by atoms with E-state index in [1.54, 1.807) is 6.92 Å². The third-order valence-corrected chi connectivity index (χ3v) is 3.69. The number of nitrogens with one attached hydrogen (secondary N) is 1. The number of halogens is 1. The fourth-order valence-corrected chi connectivity index (χ4v) is 1.80. The van der Waals surface area contributed by atoms with Crippen LogP contribution in [0.3, 0.4) is 0 Å². The highest BCUT2D eigenvalue weighted by Gasteiger charge is 2.16. The predicted octanol–water partition coefficient (Wildman–Crippen LogP) is 3.64. The standard InChI is InChI=1S/C15H22ClNO2/c1-6-11(4)17-15(18)12(5)19-13-7-9(2)14(16)10(3)8-13/h7-8,11-12H,6H2,1-5H3,(H,17,18)/t11-,12+/m0/s1. The summed E-state index contributed by atoms with van der Waals surface area (Å²) in [5.41, 5.74) is 1.90. The molecule has 0 bridgehead atoms. The summed E-state index contributed by atoms with van der Waals surface area (Å²) in [6.45, 7) is 9.60. The van der Waals surface area contributed by atoms with Gasteiger partial charge in [-0.3, -0.25) is 4.79 Å². The molecule has 0 saturated carbocycles. The average Bonchev–Trinajstić information content (AvgIpc) is 2.35. The zero-order valence-corrected chi connectivity index (χ0v) is 13.0. The molecule has 0 heterocycles. The first-order chi connectivity index (χ1) is 8.85. The molecule has 0 aliphatic heterocycles. The number of aryl methyl sites for hydroxylation is 2. The minimum atomic E-state index is -0.519. The number of hydrogen-bond acceptors (Lipinski definition) is 2. The summed E-state index contributed by atoms with van der Waals surface area (Å²) in [7, 11) is 0. The van der Waals surface area contributed by atoms with Crippen LogP contribution in [0, 0.1) is 13.8 Å². The molecule has 2 atom stereocenters. The van der Waals surface area contributed by atoms with Crippen molar-refractivity contribution in [3.8, 4) is 5.75 Å². The Balaban J connectivity index is 2.71. The third kappa shape index (κ3) is 4.43. The molecule has 0 radical (unpaired) electrons. The summed E-state index contributed by atoms with van der Waals surface area (Å²) < 4.78 is 5.67. The molecule has 0 aliphatic carbocycles. The number of hydrogen-bond donors (Lipinski definition) is 1. The lowest BCUT2D eigenvalue weighted by Crippen LogP contribution is -2.41. The molecule has 0 spiro atoms. The molecule has 0 unspecified atom stereocenters. The minimum absolute atomic E-state index is 0.0976. The number of amides is 1. The Labute approximate surface area is 120 Å². The van der Waals surface area contributed by atoms with E-state index in [9.17, 15) is 4.79 Å². The molecule has 0 aromatic heterocycles. The maximum atomic E-state index is 11.9. The molecule has 4 heteroatoms. The van der Waals surface area contributed by atoms with Gasteiger partial charge in [-0.05, 0) is 57.4 Å². The van der Waals surface area contributed by atoms with E-state index in [2.05, 4.69) is 5.32 Å². The second kappa shape index (κ2) is 6.80. The summed E-state index contributed by atoms with van der Waals surface area (Å²) in [6, 6.07) is 3.86. The van der Waals surface area contributed by atoms with Crippen molar-refractivity contribution in [2.24, 2.45) is 0 Å². The highest BCUT2D eigenvalue weighted by Crippen LogP contribution is 2.26. The van der Waals surface area contributed by atoms with Crippen LogP contribution < -0.4 is 10.1 Å². The average molecular weight is 284 g/mol. The quantitative estimate of drug-likeness (QED) is 0.896. The summed E-state index contributed by atoms with van der Waals surface area (Å²) in [4.78, 5) is 11.9. The molecular formula is C15H22ClNO2. The highest BCUT2D eigenvalue weighted by molar-refractivity contribution is 6.32. The van der Waals surface area contributed by atoms with Crippen molar-refractivity contribution >= 4 is 17.5 Å². The third-order valence-electron chi connectivity index (χ3n) is 3.09. The monoisotopic (exact) mass is 283 g/mol. The van der Waals surface area contributed by atoms with Gasteiger partial charge in [0, 0.05) is 11.1 Å². The topological polar surface area (TPSA) is 38.3 Å².